The highest BCUT2D eigenvalue weighted by atomic mass is 35.5. The average molecular weight is 257 g/mol. The number of nitrogens with zero attached hydrogens (tertiary/aromatic N) is 4. The Hall–Kier alpha value is -1.10. The molecule has 0 spiro atoms. The van der Waals surface area contributed by atoms with Gasteiger partial charge in [0.1, 0.15) is 0 Å². The predicted molar refractivity (Wildman–Crippen MR) is 66.7 cm³/mol. The van der Waals surface area contributed by atoms with Crippen LogP contribution in [0, 0.1) is 0 Å². The Morgan fingerprint density at radius 2 is 2.24 bits per heavy atom. The molecule has 1 fully saturated rings. The van der Waals surface area contributed by atoms with E-state index in [0.717, 1.165) is 25.8 Å². The molecule has 1 saturated heterocycles. The molecule has 2 heterocycles. The summed E-state index contributed by atoms with van der Waals surface area (Å²) < 4.78 is 5.40. The van der Waals surface area contributed by atoms with Crippen LogP contribution in [0.4, 0.5) is 5.95 Å². The molecule has 0 radical (unpaired) electrons. The van der Waals surface area contributed by atoms with Crippen molar-refractivity contribution in [2.24, 2.45) is 0 Å². The molecular formula is C11H17ClN4O. The monoisotopic (exact) mass is 256 g/mol. The number of aromatic nitrogens is 3. The van der Waals surface area contributed by atoms with Crippen LogP contribution >= 0.6 is 11.6 Å². The Labute approximate surface area is 106 Å². The van der Waals surface area contributed by atoms with Crippen molar-refractivity contribution in [3.8, 4) is 6.01 Å². The van der Waals surface area contributed by atoms with E-state index in [1.54, 1.807) is 0 Å². The molecule has 1 aliphatic heterocycles. The Kier molecular flexibility index (Phi) is 3.99. The highest BCUT2D eigenvalue weighted by Crippen LogP contribution is 2.23. The molecule has 1 atom stereocenters. The summed E-state index contributed by atoms with van der Waals surface area (Å²) in [5.41, 5.74) is 0. The van der Waals surface area contributed by atoms with Crippen molar-refractivity contribution in [3.05, 3.63) is 5.28 Å². The first-order chi connectivity index (χ1) is 8.20. The second-order valence-electron chi connectivity index (χ2n) is 4.22. The minimum absolute atomic E-state index is 0.195. The molecule has 1 aliphatic rings. The fourth-order valence-corrected chi connectivity index (χ4v) is 2.09. The number of halogens is 1. The first-order valence-electron chi connectivity index (χ1n) is 6.01. The van der Waals surface area contributed by atoms with Crippen molar-refractivity contribution in [2.75, 3.05) is 18.1 Å². The van der Waals surface area contributed by atoms with Crippen molar-refractivity contribution in [1.29, 1.82) is 0 Å². The van der Waals surface area contributed by atoms with Gasteiger partial charge in [0.2, 0.25) is 11.2 Å². The van der Waals surface area contributed by atoms with E-state index in [-0.39, 0.29) is 5.28 Å². The Bertz CT molecular complexity index is 388. The van der Waals surface area contributed by atoms with E-state index in [1.165, 1.54) is 0 Å². The second kappa shape index (κ2) is 5.49. The zero-order chi connectivity index (χ0) is 12.3. The van der Waals surface area contributed by atoms with Crippen LogP contribution in [0.3, 0.4) is 0 Å². The summed E-state index contributed by atoms with van der Waals surface area (Å²) in [7, 11) is 0. The van der Waals surface area contributed by atoms with Crippen molar-refractivity contribution in [1.82, 2.24) is 15.0 Å². The lowest BCUT2D eigenvalue weighted by molar-refractivity contribution is 0.291. The summed E-state index contributed by atoms with van der Waals surface area (Å²) in [5.74, 6) is 0.626. The molecule has 0 saturated carbocycles. The van der Waals surface area contributed by atoms with Gasteiger partial charge in [0.25, 0.3) is 0 Å². The maximum atomic E-state index is 5.89. The van der Waals surface area contributed by atoms with E-state index in [4.69, 9.17) is 16.3 Å². The molecule has 94 valence electrons. The van der Waals surface area contributed by atoms with Gasteiger partial charge >= 0.3 is 6.01 Å². The van der Waals surface area contributed by atoms with Gasteiger partial charge < -0.3 is 9.64 Å². The van der Waals surface area contributed by atoms with Crippen LogP contribution in [-0.2, 0) is 0 Å². The summed E-state index contributed by atoms with van der Waals surface area (Å²) in [6.45, 7) is 5.76. The van der Waals surface area contributed by atoms with Gasteiger partial charge in [-0.05, 0) is 37.8 Å². The molecule has 0 bridgehead atoms. The normalized spacial score (nSPS) is 19.7. The van der Waals surface area contributed by atoms with Crippen molar-refractivity contribution < 1.29 is 4.74 Å². The fourth-order valence-electron chi connectivity index (χ4n) is 1.94. The van der Waals surface area contributed by atoms with Crippen molar-refractivity contribution >= 4 is 17.5 Å². The van der Waals surface area contributed by atoms with E-state index < -0.39 is 0 Å². The minimum atomic E-state index is 0.195. The lowest BCUT2D eigenvalue weighted by Gasteiger charge is -2.21. The number of hydrogen-bond donors (Lipinski definition) is 0. The highest BCUT2D eigenvalue weighted by molar-refractivity contribution is 6.28. The first kappa shape index (κ1) is 12.4. The van der Waals surface area contributed by atoms with Crippen LogP contribution < -0.4 is 9.64 Å². The van der Waals surface area contributed by atoms with Crippen LogP contribution in [0.1, 0.15) is 33.1 Å². The van der Waals surface area contributed by atoms with E-state index >= 15 is 0 Å². The number of rotatable bonds is 4. The van der Waals surface area contributed by atoms with E-state index in [2.05, 4.69) is 26.8 Å². The maximum absolute atomic E-state index is 5.89. The Morgan fingerprint density at radius 3 is 2.88 bits per heavy atom. The van der Waals surface area contributed by atoms with Crippen LogP contribution in [0.2, 0.25) is 5.28 Å². The quantitative estimate of drug-likeness (QED) is 0.827. The molecule has 0 amide bonds. The minimum Gasteiger partial charge on any atom is -0.463 e. The largest absolute Gasteiger partial charge is 0.463 e. The van der Waals surface area contributed by atoms with Crippen molar-refractivity contribution in [2.45, 2.75) is 39.2 Å². The smallest absolute Gasteiger partial charge is 0.322 e. The van der Waals surface area contributed by atoms with Gasteiger partial charge in [-0.25, -0.2) is 0 Å². The van der Waals surface area contributed by atoms with Crippen LogP contribution in [-0.4, -0.2) is 34.1 Å². The topological polar surface area (TPSA) is 51.1 Å². The molecule has 1 aromatic rings. The van der Waals surface area contributed by atoms with Gasteiger partial charge in [-0.1, -0.05) is 6.92 Å². The molecule has 17 heavy (non-hydrogen) atoms. The standard InChI is InChI=1S/C11H17ClN4O/c1-3-7-17-11-14-9(12)13-10(15-11)16-6-4-5-8(16)2/h8H,3-7H2,1-2H3. The highest BCUT2D eigenvalue weighted by Gasteiger charge is 2.23. The van der Waals surface area contributed by atoms with Gasteiger partial charge in [-0.3, -0.25) is 0 Å². The SMILES string of the molecule is CCCOc1nc(Cl)nc(N2CCCC2C)n1. The third-order valence-electron chi connectivity index (χ3n) is 2.82. The Balaban J connectivity index is 2.18. The molecule has 0 aliphatic carbocycles. The predicted octanol–water partition coefficient (Wildman–Crippen LogP) is 2.30. The fraction of sp³-hybridized carbons (Fsp3) is 0.727. The number of hydrogen-bond acceptors (Lipinski definition) is 5. The molecule has 1 unspecified atom stereocenters. The molecule has 2 rings (SSSR count). The molecular weight excluding hydrogens is 240 g/mol. The van der Waals surface area contributed by atoms with E-state index in [9.17, 15) is 0 Å². The summed E-state index contributed by atoms with van der Waals surface area (Å²) >= 11 is 5.89. The molecule has 0 N–H and O–H groups in total. The second-order valence-corrected chi connectivity index (χ2v) is 4.56. The summed E-state index contributed by atoms with van der Waals surface area (Å²) in [5, 5.41) is 0.195. The van der Waals surface area contributed by atoms with Crippen LogP contribution in [0.25, 0.3) is 0 Å². The summed E-state index contributed by atoms with van der Waals surface area (Å²) in [6, 6.07) is 0.772. The lowest BCUT2D eigenvalue weighted by Crippen LogP contribution is -2.28. The maximum Gasteiger partial charge on any atom is 0.322 e. The summed E-state index contributed by atoms with van der Waals surface area (Å²) in [6.07, 6.45) is 3.24. The van der Waals surface area contributed by atoms with Crippen molar-refractivity contribution in [3.63, 3.8) is 0 Å². The molecule has 5 nitrogen and oxygen atoms in total. The Morgan fingerprint density at radius 1 is 1.41 bits per heavy atom. The van der Waals surface area contributed by atoms with Crippen LogP contribution in [0.5, 0.6) is 6.01 Å². The van der Waals surface area contributed by atoms with E-state index in [0.29, 0.717) is 24.6 Å². The number of ether oxygens (including phenoxy) is 1. The number of anilines is 1. The van der Waals surface area contributed by atoms with E-state index in [1.807, 2.05) is 6.92 Å². The van der Waals surface area contributed by atoms with Gasteiger partial charge in [0.15, 0.2) is 0 Å². The third kappa shape index (κ3) is 2.97. The van der Waals surface area contributed by atoms with Gasteiger partial charge in [0.05, 0.1) is 6.61 Å². The van der Waals surface area contributed by atoms with Gasteiger partial charge in [-0.2, -0.15) is 15.0 Å². The third-order valence-corrected chi connectivity index (χ3v) is 2.99. The zero-order valence-corrected chi connectivity index (χ0v) is 10.9. The first-order valence-corrected chi connectivity index (χ1v) is 6.39. The zero-order valence-electron chi connectivity index (χ0n) is 10.2. The van der Waals surface area contributed by atoms with Crippen LogP contribution in [0.15, 0.2) is 0 Å². The summed E-state index contributed by atoms with van der Waals surface area (Å²) in [4.78, 5) is 14.6. The van der Waals surface area contributed by atoms with Gasteiger partial charge in [-0.15, -0.1) is 0 Å². The molecule has 0 aromatic carbocycles. The lowest BCUT2D eigenvalue weighted by atomic mass is 10.2. The average Bonchev–Trinajstić information content (AvgIpc) is 2.72. The molecule has 6 heteroatoms. The molecule has 1 aromatic heterocycles. The van der Waals surface area contributed by atoms with Gasteiger partial charge in [0, 0.05) is 12.6 Å².